The van der Waals surface area contributed by atoms with E-state index in [0.717, 1.165) is 44.2 Å². The molecule has 1 N–H and O–H groups in total. The lowest BCUT2D eigenvalue weighted by atomic mass is 9.46. The molecule has 2 unspecified atom stereocenters. The van der Waals surface area contributed by atoms with Crippen LogP contribution in [0.4, 0.5) is 0 Å². The van der Waals surface area contributed by atoms with Gasteiger partial charge in [0.05, 0.1) is 17.2 Å². The minimum atomic E-state index is -0.288. The maximum Gasteiger partial charge on any atom is 0.242 e. The summed E-state index contributed by atoms with van der Waals surface area (Å²) in [6, 6.07) is 0. The van der Waals surface area contributed by atoms with E-state index in [1.165, 1.54) is 6.42 Å². The second-order valence-corrected chi connectivity index (χ2v) is 9.15. The number of aryl methyl sites for hydroxylation is 1. The van der Waals surface area contributed by atoms with Crippen molar-refractivity contribution in [1.82, 2.24) is 29.9 Å². The molecular weight excluding hydrogens is 364 g/mol. The molecule has 4 aliphatic rings. The van der Waals surface area contributed by atoms with Crippen molar-refractivity contribution in [2.45, 2.75) is 64.1 Å². The topological polar surface area (TPSA) is 77.6 Å². The van der Waals surface area contributed by atoms with Gasteiger partial charge in [-0.3, -0.25) is 9.48 Å². The highest BCUT2D eigenvalue weighted by Crippen LogP contribution is 2.64. The maximum absolute atomic E-state index is 13.3. The SMILES string of the molecule is CCn1cc(CNC(=O)C23CC4CC(C2)CC(n2cnc(Cl)n2)(C4)C3)cn1. The molecule has 1 amide bonds. The van der Waals surface area contributed by atoms with Gasteiger partial charge in [0, 0.05) is 24.8 Å². The molecule has 144 valence electrons. The largest absolute Gasteiger partial charge is 0.351 e. The summed E-state index contributed by atoms with van der Waals surface area (Å²) < 4.78 is 3.84. The number of hydrogen-bond acceptors (Lipinski definition) is 4. The van der Waals surface area contributed by atoms with Crippen LogP contribution in [0.5, 0.6) is 0 Å². The average molecular weight is 389 g/mol. The van der Waals surface area contributed by atoms with Crippen LogP contribution < -0.4 is 5.32 Å². The molecule has 7 nitrogen and oxygen atoms in total. The number of carbonyl (C=O) groups is 1. The Morgan fingerprint density at radius 1 is 1.33 bits per heavy atom. The summed E-state index contributed by atoms with van der Waals surface area (Å²) in [5.41, 5.74) is 0.658. The van der Waals surface area contributed by atoms with Gasteiger partial charge in [-0.05, 0) is 68.9 Å². The van der Waals surface area contributed by atoms with Crippen molar-refractivity contribution in [3.63, 3.8) is 0 Å². The van der Waals surface area contributed by atoms with Gasteiger partial charge in [0.1, 0.15) is 6.33 Å². The molecule has 4 saturated carbocycles. The van der Waals surface area contributed by atoms with Gasteiger partial charge in [-0.1, -0.05) is 0 Å². The first-order valence-corrected chi connectivity index (χ1v) is 10.3. The fraction of sp³-hybridized carbons (Fsp3) is 0.684. The maximum atomic E-state index is 13.3. The number of amides is 1. The van der Waals surface area contributed by atoms with Gasteiger partial charge >= 0.3 is 0 Å². The minimum Gasteiger partial charge on any atom is -0.351 e. The Hall–Kier alpha value is -1.89. The first-order valence-electron chi connectivity index (χ1n) is 9.88. The highest BCUT2D eigenvalue weighted by molar-refractivity contribution is 6.28. The molecule has 4 fully saturated rings. The molecule has 0 spiro atoms. The molecule has 27 heavy (non-hydrogen) atoms. The summed E-state index contributed by atoms with van der Waals surface area (Å²) >= 11 is 6.00. The molecule has 0 aromatic carbocycles. The number of nitrogens with zero attached hydrogens (tertiary/aromatic N) is 5. The third kappa shape index (κ3) is 2.78. The third-order valence-corrected chi connectivity index (χ3v) is 7.10. The van der Waals surface area contributed by atoms with Crippen LogP contribution in [0.15, 0.2) is 18.7 Å². The normalized spacial score (nSPS) is 34.1. The lowest BCUT2D eigenvalue weighted by molar-refractivity contribution is -0.156. The fourth-order valence-electron chi connectivity index (χ4n) is 6.26. The Morgan fingerprint density at radius 2 is 2.11 bits per heavy atom. The molecule has 2 atom stereocenters. The van der Waals surface area contributed by atoms with Crippen molar-refractivity contribution in [3.8, 4) is 0 Å². The van der Waals surface area contributed by atoms with Gasteiger partial charge < -0.3 is 5.32 Å². The van der Waals surface area contributed by atoms with E-state index in [1.54, 1.807) is 6.33 Å². The van der Waals surface area contributed by atoms with Crippen LogP contribution in [0.3, 0.4) is 0 Å². The van der Waals surface area contributed by atoms with Gasteiger partial charge in [0.2, 0.25) is 11.2 Å². The monoisotopic (exact) mass is 388 g/mol. The molecule has 6 rings (SSSR count). The van der Waals surface area contributed by atoms with Gasteiger partial charge in [-0.15, -0.1) is 5.10 Å². The van der Waals surface area contributed by atoms with Crippen molar-refractivity contribution >= 4 is 17.5 Å². The number of carbonyl (C=O) groups excluding carboxylic acids is 1. The number of aromatic nitrogens is 5. The van der Waals surface area contributed by atoms with E-state index in [0.29, 0.717) is 18.4 Å². The molecule has 2 heterocycles. The summed E-state index contributed by atoms with van der Waals surface area (Å²) in [6.45, 7) is 3.43. The molecule has 0 saturated heterocycles. The molecule has 2 aromatic heterocycles. The zero-order chi connectivity index (χ0) is 18.6. The summed E-state index contributed by atoms with van der Waals surface area (Å²) in [5.74, 6) is 1.36. The Labute approximate surface area is 163 Å². The molecule has 8 heteroatoms. The predicted molar refractivity (Wildman–Crippen MR) is 99.9 cm³/mol. The molecule has 0 aliphatic heterocycles. The number of nitrogens with one attached hydrogen (secondary N) is 1. The van der Waals surface area contributed by atoms with Crippen molar-refractivity contribution in [2.75, 3.05) is 0 Å². The predicted octanol–water partition coefficient (Wildman–Crippen LogP) is 2.76. The lowest BCUT2D eigenvalue weighted by Gasteiger charge is -2.60. The molecule has 0 radical (unpaired) electrons. The quantitative estimate of drug-likeness (QED) is 0.854. The Kier molecular flexibility index (Phi) is 3.86. The van der Waals surface area contributed by atoms with Crippen LogP contribution in [0.1, 0.15) is 51.0 Å². The van der Waals surface area contributed by atoms with E-state index < -0.39 is 0 Å². The summed E-state index contributed by atoms with van der Waals surface area (Å²) in [6.07, 6.45) is 11.8. The van der Waals surface area contributed by atoms with Crippen LogP contribution in [0.25, 0.3) is 0 Å². The lowest BCUT2D eigenvalue weighted by Crippen LogP contribution is -2.61. The van der Waals surface area contributed by atoms with E-state index in [-0.39, 0.29) is 22.1 Å². The number of hydrogen-bond donors (Lipinski definition) is 1. The first kappa shape index (κ1) is 17.2. The Balaban J connectivity index is 1.37. The zero-order valence-corrected chi connectivity index (χ0v) is 16.3. The Bertz CT molecular complexity index is 859. The van der Waals surface area contributed by atoms with Crippen LogP contribution in [0, 0.1) is 17.3 Å². The number of halogens is 1. The zero-order valence-electron chi connectivity index (χ0n) is 15.6. The molecular formula is C19H25ClN6O. The van der Waals surface area contributed by atoms with Crippen LogP contribution in [-0.2, 0) is 23.4 Å². The minimum absolute atomic E-state index is 0.103. The fourth-order valence-corrected chi connectivity index (χ4v) is 6.38. The highest BCUT2D eigenvalue weighted by Gasteiger charge is 2.61. The van der Waals surface area contributed by atoms with Crippen molar-refractivity contribution in [1.29, 1.82) is 0 Å². The van der Waals surface area contributed by atoms with Crippen LogP contribution >= 0.6 is 11.6 Å². The summed E-state index contributed by atoms with van der Waals surface area (Å²) in [4.78, 5) is 17.5. The number of rotatable bonds is 5. The van der Waals surface area contributed by atoms with E-state index in [4.69, 9.17) is 11.6 Å². The van der Waals surface area contributed by atoms with E-state index >= 15 is 0 Å². The van der Waals surface area contributed by atoms with E-state index in [1.807, 2.05) is 21.8 Å². The molecule has 4 aliphatic carbocycles. The van der Waals surface area contributed by atoms with Gasteiger partial charge in [0.15, 0.2) is 0 Å². The summed E-state index contributed by atoms with van der Waals surface area (Å²) in [5, 5.41) is 12.2. The molecule has 4 bridgehead atoms. The van der Waals surface area contributed by atoms with Crippen LogP contribution in [0.2, 0.25) is 5.28 Å². The van der Waals surface area contributed by atoms with Gasteiger partial charge in [0.25, 0.3) is 0 Å². The highest BCUT2D eigenvalue weighted by atomic mass is 35.5. The molecule has 2 aromatic rings. The first-order chi connectivity index (χ1) is 13.0. The van der Waals surface area contributed by atoms with E-state index in [9.17, 15) is 4.79 Å². The standard InChI is InChI=1S/C19H25ClN6O/c1-2-25-10-15(9-23-25)8-21-16(27)18-4-13-3-14(5-18)7-19(6-13,11-18)26-12-22-17(20)24-26/h9-10,12-14H,2-8,11H2,1H3,(H,21,27). The van der Waals surface area contributed by atoms with E-state index in [2.05, 4.69) is 27.4 Å². The second-order valence-electron chi connectivity index (χ2n) is 8.81. The average Bonchev–Trinajstić information content (AvgIpc) is 3.27. The van der Waals surface area contributed by atoms with Gasteiger partial charge in [-0.2, -0.15) is 5.10 Å². The van der Waals surface area contributed by atoms with Crippen molar-refractivity contribution in [3.05, 3.63) is 29.6 Å². The second kappa shape index (κ2) is 6.06. The van der Waals surface area contributed by atoms with Crippen molar-refractivity contribution < 1.29 is 4.79 Å². The van der Waals surface area contributed by atoms with Gasteiger partial charge in [-0.25, -0.2) is 9.67 Å². The summed E-state index contributed by atoms with van der Waals surface area (Å²) in [7, 11) is 0. The smallest absolute Gasteiger partial charge is 0.242 e. The Morgan fingerprint density at radius 3 is 2.74 bits per heavy atom. The third-order valence-electron chi connectivity index (χ3n) is 6.93. The van der Waals surface area contributed by atoms with Crippen molar-refractivity contribution in [2.24, 2.45) is 17.3 Å². The van der Waals surface area contributed by atoms with Crippen LogP contribution in [-0.4, -0.2) is 30.5 Å².